The number of carbonyl (C=O) groups is 2. The van der Waals surface area contributed by atoms with Gasteiger partial charge in [-0.05, 0) is 43.3 Å². The highest BCUT2D eigenvalue weighted by Gasteiger charge is 2.11. The fraction of sp³-hybridized carbons (Fsp3) is 0.0769. The maximum absolute atomic E-state index is 12.7. The molecule has 1 amide bonds. The summed E-state index contributed by atoms with van der Waals surface area (Å²) in [5, 5.41) is 2.63. The molecule has 92 valence electrons. The Hall–Kier alpha value is -2.01. The molecule has 0 aliphatic rings. The van der Waals surface area contributed by atoms with Gasteiger partial charge in [0.15, 0.2) is 5.78 Å². The molecule has 0 fully saturated rings. The summed E-state index contributed by atoms with van der Waals surface area (Å²) in [6.45, 7) is 1.45. The van der Waals surface area contributed by atoms with Crippen LogP contribution in [0.1, 0.15) is 26.3 Å². The molecular weight excluding hydrogens is 253 g/mol. The molecule has 0 atom stereocenters. The Morgan fingerprint density at radius 1 is 1.06 bits per heavy atom. The summed E-state index contributed by atoms with van der Waals surface area (Å²) in [4.78, 5) is 23.9. The first-order valence-corrected chi connectivity index (χ1v) is 6.05. The molecule has 0 aliphatic carbocycles. The summed E-state index contributed by atoms with van der Waals surface area (Å²) in [5.74, 6) is -0.733. The van der Waals surface area contributed by atoms with Gasteiger partial charge in [0.1, 0.15) is 5.82 Å². The van der Waals surface area contributed by atoms with Gasteiger partial charge in [-0.15, -0.1) is 11.3 Å². The molecule has 1 aromatic heterocycles. The van der Waals surface area contributed by atoms with E-state index in [-0.39, 0.29) is 17.5 Å². The monoisotopic (exact) mass is 263 g/mol. The maximum atomic E-state index is 12.7. The fourth-order valence-electron chi connectivity index (χ4n) is 1.38. The lowest BCUT2D eigenvalue weighted by Gasteiger charge is -2.02. The van der Waals surface area contributed by atoms with Crippen LogP contribution in [0.4, 0.5) is 10.1 Å². The molecule has 1 aromatic carbocycles. The van der Waals surface area contributed by atoms with E-state index in [9.17, 15) is 14.0 Å². The van der Waals surface area contributed by atoms with Crippen LogP contribution in [-0.4, -0.2) is 11.7 Å². The number of Topliss-reactive ketones (excluding diaryl/α,β-unsaturated/α-hetero) is 1. The van der Waals surface area contributed by atoms with E-state index < -0.39 is 0 Å². The van der Waals surface area contributed by atoms with Crippen LogP contribution >= 0.6 is 11.3 Å². The van der Waals surface area contributed by atoms with Gasteiger partial charge in [-0.1, -0.05) is 0 Å². The van der Waals surface area contributed by atoms with Gasteiger partial charge in [-0.25, -0.2) is 4.39 Å². The molecule has 0 saturated heterocycles. The van der Waals surface area contributed by atoms with E-state index in [1.54, 1.807) is 12.1 Å². The summed E-state index contributed by atoms with van der Waals surface area (Å²) in [6.07, 6.45) is 0. The lowest BCUT2D eigenvalue weighted by atomic mass is 10.3. The molecule has 0 spiro atoms. The van der Waals surface area contributed by atoms with Crippen LogP contribution in [0.3, 0.4) is 0 Å². The molecule has 3 nitrogen and oxygen atoms in total. The highest BCUT2D eigenvalue weighted by Crippen LogP contribution is 2.18. The third-order valence-electron chi connectivity index (χ3n) is 2.28. The normalized spacial score (nSPS) is 10.1. The standard InChI is InChI=1S/C13H10FNO2S/c1-8(16)11-6-7-12(18-11)13(17)15-10-4-2-9(14)3-5-10/h2-7H,1H3,(H,15,17). The Kier molecular flexibility index (Phi) is 3.53. The Morgan fingerprint density at radius 3 is 2.22 bits per heavy atom. The van der Waals surface area contributed by atoms with Crippen molar-refractivity contribution in [3.63, 3.8) is 0 Å². The van der Waals surface area contributed by atoms with Crippen LogP contribution < -0.4 is 5.32 Å². The van der Waals surface area contributed by atoms with Crippen LogP contribution in [0.25, 0.3) is 0 Å². The Balaban J connectivity index is 2.11. The molecule has 2 aromatic rings. The van der Waals surface area contributed by atoms with E-state index in [0.29, 0.717) is 15.4 Å². The minimum Gasteiger partial charge on any atom is -0.321 e. The van der Waals surface area contributed by atoms with Crippen molar-refractivity contribution in [1.29, 1.82) is 0 Å². The van der Waals surface area contributed by atoms with Crippen molar-refractivity contribution in [3.8, 4) is 0 Å². The fourth-order valence-corrected chi connectivity index (χ4v) is 2.17. The lowest BCUT2D eigenvalue weighted by molar-refractivity contribution is 0.101. The number of nitrogens with one attached hydrogen (secondary N) is 1. The third-order valence-corrected chi connectivity index (χ3v) is 3.46. The lowest BCUT2D eigenvalue weighted by Crippen LogP contribution is -2.09. The number of amides is 1. The minimum atomic E-state index is -0.358. The number of anilines is 1. The highest BCUT2D eigenvalue weighted by molar-refractivity contribution is 7.16. The first-order chi connectivity index (χ1) is 8.56. The third kappa shape index (κ3) is 2.81. The Labute approximate surface area is 107 Å². The second kappa shape index (κ2) is 5.10. The number of benzene rings is 1. The highest BCUT2D eigenvalue weighted by atomic mass is 32.1. The number of halogens is 1. The van der Waals surface area contributed by atoms with E-state index in [0.717, 1.165) is 11.3 Å². The van der Waals surface area contributed by atoms with E-state index >= 15 is 0 Å². The van der Waals surface area contributed by atoms with E-state index in [4.69, 9.17) is 0 Å². The van der Waals surface area contributed by atoms with Crippen molar-refractivity contribution in [3.05, 3.63) is 52.0 Å². The van der Waals surface area contributed by atoms with Crippen molar-refractivity contribution >= 4 is 28.7 Å². The Morgan fingerprint density at radius 2 is 1.67 bits per heavy atom. The van der Waals surface area contributed by atoms with Crippen LogP contribution in [0.2, 0.25) is 0 Å². The molecule has 0 bridgehead atoms. The summed E-state index contributed by atoms with van der Waals surface area (Å²) in [7, 11) is 0. The number of carbonyl (C=O) groups excluding carboxylic acids is 2. The van der Waals surface area contributed by atoms with Crippen molar-refractivity contribution in [2.24, 2.45) is 0 Å². The summed E-state index contributed by atoms with van der Waals surface area (Å²) in [6, 6.07) is 8.71. The first-order valence-electron chi connectivity index (χ1n) is 5.24. The van der Waals surface area contributed by atoms with Gasteiger partial charge in [0.25, 0.3) is 5.91 Å². The largest absolute Gasteiger partial charge is 0.321 e. The number of rotatable bonds is 3. The Bertz CT molecular complexity index is 589. The number of hydrogen-bond donors (Lipinski definition) is 1. The topological polar surface area (TPSA) is 46.2 Å². The molecule has 2 rings (SSSR count). The molecule has 18 heavy (non-hydrogen) atoms. The van der Waals surface area contributed by atoms with Crippen molar-refractivity contribution < 1.29 is 14.0 Å². The van der Waals surface area contributed by atoms with Crippen LogP contribution in [0, 0.1) is 5.82 Å². The SMILES string of the molecule is CC(=O)c1ccc(C(=O)Nc2ccc(F)cc2)s1. The molecule has 5 heteroatoms. The van der Waals surface area contributed by atoms with Crippen LogP contribution in [-0.2, 0) is 0 Å². The minimum absolute atomic E-state index is 0.0687. The zero-order valence-electron chi connectivity index (χ0n) is 9.57. The average molecular weight is 263 g/mol. The average Bonchev–Trinajstić information content (AvgIpc) is 2.81. The quantitative estimate of drug-likeness (QED) is 0.863. The zero-order valence-corrected chi connectivity index (χ0v) is 10.4. The van der Waals surface area contributed by atoms with Crippen molar-refractivity contribution in [2.75, 3.05) is 5.32 Å². The molecule has 1 N–H and O–H groups in total. The van der Waals surface area contributed by atoms with E-state index in [2.05, 4.69) is 5.32 Å². The van der Waals surface area contributed by atoms with Crippen LogP contribution in [0.5, 0.6) is 0 Å². The van der Waals surface area contributed by atoms with Gasteiger partial charge in [0.05, 0.1) is 9.75 Å². The van der Waals surface area contributed by atoms with Crippen molar-refractivity contribution in [1.82, 2.24) is 0 Å². The summed E-state index contributed by atoms with van der Waals surface area (Å²) >= 11 is 1.14. The molecule has 0 saturated carbocycles. The van der Waals surface area contributed by atoms with Gasteiger partial charge in [0, 0.05) is 5.69 Å². The number of thiophene rings is 1. The van der Waals surface area contributed by atoms with Gasteiger partial charge in [-0.2, -0.15) is 0 Å². The van der Waals surface area contributed by atoms with Gasteiger partial charge in [0.2, 0.25) is 0 Å². The molecular formula is C13H10FNO2S. The predicted molar refractivity (Wildman–Crippen MR) is 68.7 cm³/mol. The first kappa shape index (κ1) is 12.4. The zero-order chi connectivity index (χ0) is 13.1. The second-order valence-corrected chi connectivity index (χ2v) is 4.76. The summed E-state index contributed by atoms with van der Waals surface area (Å²) in [5.41, 5.74) is 0.513. The maximum Gasteiger partial charge on any atom is 0.265 e. The predicted octanol–water partition coefficient (Wildman–Crippen LogP) is 3.34. The molecule has 0 aliphatic heterocycles. The molecule has 0 unspecified atom stereocenters. The smallest absolute Gasteiger partial charge is 0.265 e. The second-order valence-electron chi connectivity index (χ2n) is 3.68. The molecule has 1 heterocycles. The van der Waals surface area contributed by atoms with Crippen LogP contribution in [0.15, 0.2) is 36.4 Å². The van der Waals surface area contributed by atoms with Gasteiger partial charge in [-0.3, -0.25) is 9.59 Å². The number of ketones is 1. The van der Waals surface area contributed by atoms with E-state index in [1.807, 2.05) is 0 Å². The summed E-state index contributed by atoms with van der Waals surface area (Å²) < 4.78 is 12.7. The molecule has 0 radical (unpaired) electrons. The van der Waals surface area contributed by atoms with Gasteiger partial charge < -0.3 is 5.32 Å². The van der Waals surface area contributed by atoms with Gasteiger partial charge >= 0.3 is 0 Å². The van der Waals surface area contributed by atoms with E-state index in [1.165, 1.54) is 31.2 Å². The van der Waals surface area contributed by atoms with Crippen molar-refractivity contribution in [2.45, 2.75) is 6.92 Å². The number of hydrogen-bond acceptors (Lipinski definition) is 3.